The van der Waals surface area contributed by atoms with Gasteiger partial charge in [0.15, 0.2) is 0 Å². The number of likely N-dealkylation sites (tertiary alicyclic amines) is 1. The first-order valence-corrected chi connectivity index (χ1v) is 7.64. The number of piperidine rings is 1. The molecule has 3 nitrogen and oxygen atoms in total. The highest BCUT2D eigenvalue weighted by molar-refractivity contribution is 6.30. The number of amides is 1. The second-order valence-corrected chi connectivity index (χ2v) is 6.51. The van der Waals surface area contributed by atoms with Gasteiger partial charge < -0.3 is 5.32 Å². The third-order valence-electron chi connectivity index (χ3n) is 3.92. The zero-order valence-electron chi connectivity index (χ0n) is 12.4. The van der Waals surface area contributed by atoms with Gasteiger partial charge in [0.25, 0.3) is 0 Å². The number of carbonyl (C=O) groups is 1. The van der Waals surface area contributed by atoms with Gasteiger partial charge in [-0.25, -0.2) is 0 Å². The van der Waals surface area contributed by atoms with Gasteiger partial charge in [-0.2, -0.15) is 0 Å². The summed E-state index contributed by atoms with van der Waals surface area (Å²) in [4.78, 5) is 14.6. The molecule has 0 aliphatic carbocycles. The second-order valence-electron chi connectivity index (χ2n) is 6.08. The molecule has 0 radical (unpaired) electrons. The Labute approximate surface area is 126 Å². The standard InChI is InChI=1S/C16H23ClN2O/c1-11-7-12(2)10-19(9-11)13(3)16(20)18-15-6-4-5-14(17)8-15/h4-6,8,11-13H,7,9-10H2,1-3H3,(H,18,20)/t11-,12-,13-/m0/s1. The third kappa shape index (κ3) is 3.97. The zero-order valence-corrected chi connectivity index (χ0v) is 13.2. The molecule has 0 spiro atoms. The minimum Gasteiger partial charge on any atom is -0.325 e. The van der Waals surface area contributed by atoms with Crippen LogP contribution in [0.25, 0.3) is 0 Å². The van der Waals surface area contributed by atoms with Gasteiger partial charge in [0.05, 0.1) is 6.04 Å². The molecule has 3 atom stereocenters. The lowest BCUT2D eigenvalue weighted by Crippen LogP contribution is -2.48. The Morgan fingerprint density at radius 3 is 2.60 bits per heavy atom. The largest absolute Gasteiger partial charge is 0.325 e. The maximum Gasteiger partial charge on any atom is 0.241 e. The molecule has 2 rings (SSSR count). The lowest BCUT2D eigenvalue weighted by Gasteiger charge is -2.38. The molecule has 0 unspecified atom stereocenters. The fourth-order valence-corrected chi connectivity index (χ4v) is 3.20. The smallest absolute Gasteiger partial charge is 0.241 e. The van der Waals surface area contributed by atoms with Crippen molar-refractivity contribution in [3.8, 4) is 0 Å². The van der Waals surface area contributed by atoms with E-state index in [4.69, 9.17) is 11.6 Å². The molecule has 1 N–H and O–H groups in total. The van der Waals surface area contributed by atoms with Gasteiger partial charge in [-0.1, -0.05) is 31.5 Å². The first-order chi connectivity index (χ1) is 9.45. The lowest BCUT2D eigenvalue weighted by atomic mass is 9.91. The highest BCUT2D eigenvalue weighted by atomic mass is 35.5. The maximum absolute atomic E-state index is 12.3. The Morgan fingerprint density at radius 1 is 1.35 bits per heavy atom. The van der Waals surface area contributed by atoms with Crippen LogP contribution in [0.15, 0.2) is 24.3 Å². The molecule has 1 saturated heterocycles. The third-order valence-corrected chi connectivity index (χ3v) is 4.15. The van der Waals surface area contributed by atoms with Crippen LogP contribution in [0, 0.1) is 11.8 Å². The molecular formula is C16H23ClN2O. The molecular weight excluding hydrogens is 272 g/mol. The molecule has 0 bridgehead atoms. The molecule has 1 heterocycles. The molecule has 1 amide bonds. The Morgan fingerprint density at radius 2 is 2.00 bits per heavy atom. The van der Waals surface area contributed by atoms with Crippen LogP contribution in [0.4, 0.5) is 5.69 Å². The number of rotatable bonds is 3. The van der Waals surface area contributed by atoms with Crippen molar-refractivity contribution >= 4 is 23.2 Å². The number of hydrogen-bond donors (Lipinski definition) is 1. The molecule has 1 aliphatic rings. The van der Waals surface area contributed by atoms with Crippen molar-refractivity contribution in [3.63, 3.8) is 0 Å². The van der Waals surface area contributed by atoms with Crippen molar-refractivity contribution < 1.29 is 4.79 Å². The summed E-state index contributed by atoms with van der Waals surface area (Å²) in [6.07, 6.45) is 1.25. The summed E-state index contributed by atoms with van der Waals surface area (Å²) in [7, 11) is 0. The molecule has 20 heavy (non-hydrogen) atoms. The summed E-state index contributed by atoms with van der Waals surface area (Å²) in [5.74, 6) is 1.34. The van der Waals surface area contributed by atoms with Gasteiger partial charge in [-0.05, 0) is 43.4 Å². The van der Waals surface area contributed by atoms with E-state index in [1.807, 2.05) is 19.1 Å². The van der Waals surface area contributed by atoms with E-state index < -0.39 is 0 Å². The van der Waals surface area contributed by atoms with Crippen LogP contribution in [0.2, 0.25) is 5.02 Å². The summed E-state index contributed by atoms with van der Waals surface area (Å²) in [6.45, 7) is 8.47. The van der Waals surface area contributed by atoms with Crippen molar-refractivity contribution in [2.45, 2.75) is 33.2 Å². The van der Waals surface area contributed by atoms with Gasteiger partial charge in [0, 0.05) is 23.8 Å². The van der Waals surface area contributed by atoms with E-state index in [-0.39, 0.29) is 11.9 Å². The highest BCUT2D eigenvalue weighted by Crippen LogP contribution is 2.23. The first kappa shape index (κ1) is 15.3. The van der Waals surface area contributed by atoms with Crippen molar-refractivity contribution in [2.75, 3.05) is 18.4 Å². The monoisotopic (exact) mass is 294 g/mol. The molecule has 1 aromatic rings. The molecule has 110 valence electrons. The number of benzene rings is 1. The SMILES string of the molecule is C[C@H]1C[C@H](C)CN([C@@H](C)C(=O)Nc2cccc(Cl)c2)C1. The minimum atomic E-state index is -0.112. The highest BCUT2D eigenvalue weighted by Gasteiger charge is 2.28. The number of halogens is 1. The van der Waals surface area contributed by atoms with E-state index in [2.05, 4.69) is 24.1 Å². The lowest BCUT2D eigenvalue weighted by molar-refractivity contribution is -0.121. The summed E-state index contributed by atoms with van der Waals surface area (Å²) >= 11 is 5.93. The van der Waals surface area contributed by atoms with Crippen molar-refractivity contribution in [2.24, 2.45) is 11.8 Å². The number of anilines is 1. The summed E-state index contributed by atoms with van der Waals surface area (Å²) in [5, 5.41) is 3.58. The van der Waals surface area contributed by atoms with Gasteiger partial charge in [0.1, 0.15) is 0 Å². The van der Waals surface area contributed by atoms with Gasteiger partial charge in [0.2, 0.25) is 5.91 Å². The van der Waals surface area contributed by atoms with Crippen molar-refractivity contribution in [1.29, 1.82) is 0 Å². The predicted molar refractivity (Wildman–Crippen MR) is 84.1 cm³/mol. The molecule has 0 saturated carbocycles. The summed E-state index contributed by atoms with van der Waals surface area (Å²) in [5.41, 5.74) is 0.757. The predicted octanol–water partition coefficient (Wildman–Crippen LogP) is 3.64. The van der Waals surface area contributed by atoms with Gasteiger partial charge in [-0.3, -0.25) is 9.69 Å². The number of carbonyl (C=O) groups excluding carboxylic acids is 1. The van der Waals surface area contributed by atoms with Crippen LogP contribution >= 0.6 is 11.6 Å². The van der Waals surface area contributed by atoms with Crippen molar-refractivity contribution in [3.05, 3.63) is 29.3 Å². The average molecular weight is 295 g/mol. The van der Waals surface area contributed by atoms with Crippen LogP contribution in [-0.4, -0.2) is 29.9 Å². The van der Waals surface area contributed by atoms with E-state index in [1.165, 1.54) is 6.42 Å². The fraction of sp³-hybridized carbons (Fsp3) is 0.562. The number of nitrogens with one attached hydrogen (secondary N) is 1. The molecule has 0 aromatic heterocycles. The Bertz CT molecular complexity index is 467. The van der Waals surface area contributed by atoms with Crippen LogP contribution in [0.5, 0.6) is 0 Å². The topological polar surface area (TPSA) is 32.3 Å². The maximum atomic E-state index is 12.3. The Hall–Kier alpha value is -1.06. The first-order valence-electron chi connectivity index (χ1n) is 7.26. The Balaban J connectivity index is 1.98. The zero-order chi connectivity index (χ0) is 14.7. The van der Waals surface area contributed by atoms with Crippen molar-refractivity contribution in [1.82, 2.24) is 4.90 Å². The fourth-order valence-electron chi connectivity index (χ4n) is 3.01. The summed E-state index contributed by atoms with van der Waals surface area (Å²) < 4.78 is 0. The van der Waals surface area contributed by atoms with Crippen LogP contribution < -0.4 is 5.32 Å². The summed E-state index contributed by atoms with van der Waals surface area (Å²) in [6, 6.07) is 7.16. The number of hydrogen-bond acceptors (Lipinski definition) is 2. The molecule has 1 aliphatic heterocycles. The number of nitrogens with zero attached hydrogens (tertiary/aromatic N) is 1. The quantitative estimate of drug-likeness (QED) is 0.923. The molecule has 4 heteroatoms. The normalized spacial score (nSPS) is 25.2. The van der Waals surface area contributed by atoms with Crippen LogP contribution in [0.3, 0.4) is 0 Å². The molecule has 1 fully saturated rings. The van der Waals surface area contributed by atoms with E-state index in [1.54, 1.807) is 12.1 Å². The molecule has 1 aromatic carbocycles. The van der Waals surface area contributed by atoms with E-state index in [0.717, 1.165) is 18.8 Å². The minimum absolute atomic E-state index is 0.0357. The van der Waals surface area contributed by atoms with Crippen LogP contribution in [-0.2, 0) is 4.79 Å². The average Bonchev–Trinajstić information content (AvgIpc) is 2.36. The van der Waals surface area contributed by atoms with Gasteiger partial charge in [-0.15, -0.1) is 0 Å². The second kappa shape index (κ2) is 6.59. The van der Waals surface area contributed by atoms with E-state index >= 15 is 0 Å². The van der Waals surface area contributed by atoms with E-state index in [0.29, 0.717) is 16.9 Å². The van der Waals surface area contributed by atoms with E-state index in [9.17, 15) is 4.79 Å². The van der Waals surface area contributed by atoms with Crippen LogP contribution in [0.1, 0.15) is 27.2 Å². The van der Waals surface area contributed by atoms with Gasteiger partial charge >= 0.3 is 0 Å². The Kier molecular flexibility index (Phi) is 5.06.